The fourth-order valence-electron chi connectivity index (χ4n) is 2.33. The molecule has 1 atom stereocenters. The molecule has 16 heavy (non-hydrogen) atoms. The lowest BCUT2D eigenvalue weighted by atomic mass is 9.68. The number of carbonyl (C=O) groups excluding carboxylic acids is 1. The molecule has 0 aliphatic heterocycles. The Balaban J connectivity index is 4.99. The maximum atomic E-state index is 12.4. The van der Waals surface area contributed by atoms with Crippen molar-refractivity contribution in [3.05, 3.63) is 0 Å². The summed E-state index contributed by atoms with van der Waals surface area (Å²) in [6.07, 6.45) is 3.18. The number of Topliss-reactive ketones (excluding diaryl/α,β-unsaturated/α-hetero) is 1. The number of hydrogen-bond acceptors (Lipinski definition) is 2. The van der Waals surface area contributed by atoms with Crippen molar-refractivity contribution in [2.45, 2.75) is 53.9 Å². The average Bonchev–Trinajstić information content (AvgIpc) is 2.22. The van der Waals surface area contributed by atoms with Crippen LogP contribution in [-0.2, 0) is 9.53 Å². The maximum Gasteiger partial charge on any atom is 0.144 e. The molecule has 0 N–H and O–H groups in total. The van der Waals surface area contributed by atoms with Gasteiger partial charge in [0.1, 0.15) is 5.78 Å². The van der Waals surface area contributed by atoms with E-state index in [9.17, 15) is 4.79 Å². The summed E-state index contributed by atoms with van der Waals surface area (Å²) in [5.74, 6) is 0.793. The van der Waals surface area contributed by atoms with Crippen LogP contribution in [0.25, 0.3) is 0 Å². The molecule has 0 aliphatic rings. The summed E-state index contributed by atoms with van der Waals surface area (Å²) >= 11 is 0. The Hall–Kier alpha value is -0.370. The van der Waals surface area contributed by atoms with Gasteiger partial charge in [-0.25, -0.2) is 0 Å². The van der Waals surface area contributed by atoms with Crippen molar-refractivity contribution in [3.8, 4) is 0 Å². The molecule has 0 aromatic heterocycles. The van der Waals surface area contributed by atoms with Crippen molar-refractivity contribution in [2.75, 3.05) is 13.7 Å². The van der Waals surface area contributed by atoms with E-state index in [0.29, 0.717) is 18.3 Å². The van der Waals surface area contributed by atoms with E-state index in [4.69, 9.17) is 4.74 Å². The largest absolute Gasteiger partial charge is 0.384 e. The Kier molecular flexibility index (Phi) is 6.89. The average molecular weight is 228 g/mol. The number of ether oxygens (including phenoxy) is 1. The highest BCUT2D eigenvalue weighted by atomic mass is 16.5. The summed E-state index contributed by atoms with van der Waals surface area (Å²) in [4.78, 5) is 12.4. The minimum absolute atomic E-state index is 0.0920. The number of ketones is 1. The van der Waals surface area contributed by atoms with Crippen LogP contribution in [0.5, 0.6) is 0 Å². The molecule has 0 aromatic rings. The van der Waals surface area contributed by atoms with E-state index >= 15 is 0 Å². The highest BCUT2D eigenvalue weighted by Gasteiger charge is 2.41. The van der Waals surface area contributed by atoms with Gasteiger partial charge >= 0.3 is 0 Å². The van der Waals surface area contributed by atoms with E-state index in [1.54, 1.807) is 7.11 Å². The van der Waals surface area contributed by atoms with E-state index in [0.717, 1.165) is 19.3 Å². The van der Waals surface area contributed by atoms with E-state index in [2.05, 4.69) is 20.8 Å². The molecule has 0 bridgehead atoms. The van der Waals surface area contributed by atoms with Gasteiger partial charge in [0.15, 0.2) is 0 Å². The number of unbranched alkanes of at least 4 members (excludes halogenated alkanes) is 1. The van der Waals surface area contributed by atoms with Crippen LogP contribution in [0, 0.1) is 17.3 Å². The molecule has 96 valence electrons. The van der Waals surface area contributed by atoms with Gasteiger partial charge in [-0.05, 0) is 12.3 Å². The van der Waals surface area contributed by atoms with Gasteiger partial charge in [-0.2, -0.15) is 0 Å². The quantitative estimate of drug-likeness (QED) is 0.633. The van der Waals surface area contributed by atoms with Crippen LogP contribution in [0.15, 0.2) is 0 Å². The number of hydrogen-bond donors (Lipinski definition) is 0. The van der Waals surface area contributed by atoms with Crippen molar-refractivity contribution in [2.24, 2.45) is 17.3 Å². The van der Waals surface area contributed by atoms with Crippen molar-refractivity contribution < 1.29 is 9.53 Å². The highest BCUT2D eigenvalue weighted by Crippen LogP contribution is 2.37. The van der Waals surface area contributed by atoms with E-state index in [1.165, 1.54) is 0 Å². The van der Waals surface area contributed by atoms with Gasteiger partial charge in [-0.3, -0.25) is 4.79 Å². The third-order valence-corrected chi connectivity index (χ3v) is 3.50. The van der Waals surface area contributed by atoms with Crippen molar-refractivity contribution >= 4 is 5.78 Å². The molecule has 0 saturated heterocycles. The lowest BCUT2D eigenvalue weighted by molar-refractivity contribution is -0.139. The van der Waals surface area contributed by atoms with Gasteiger partial charge in [-0.15, -0.1) is 0 Å². The Labute approximate surface area is 101 Å². The van der Waals surface area contributed by atoms with Gasteiger partial charge in [0.2, 0.25) is 0 Å². The lowest BCUT2D eigenvalue weighted by Gasteiger charge is -2.37. The second kappa shape index (κ2) is 7.05. The van der Waals surface area contributed by atoms with Crippen LogP contribution in [0.2, 0.25) is 0 Å². The number of carbonyl (C=O) groups is 1. The van der Waals surface area contributed by atoms with Gasteiger partial charge in [0.25, 0.3) is 0 Å². The molecule has 0 spiro atoms. The van der Waals surface area contributed by atoms with Gasteiger partial charge in [0.05, 0.1) is 12.0 Å². The molecule has 0 radical (unpaired) electrons. The van der Waals surface area contributed by atoms with Crippen LogP contribution in [-0.4, -0.2) is 19.5 Å². The minimum atomic E-state index is -0.279. The Morgan fingerprint density at radius 1 is 1.25 bits per heavy atom. The number of methoxy groups -OCH3 is 1. The lowest BCUT2D eigenvalue weighted by Crippen LogP contribution is -2.43. The summed E-state index contributed by atoms with van der Waals surface area (Å²) < 4.78 is 5.32. The first-order valence-electron chi connectivity index (χ1n) is 6.45. The SMILES string of the molecule is CCCCC(COC)(C(=O)C(C)C)C(C)C. The standard InChI is InChI=1S/C14H28O2/c1-7-8-9-14(10-16-6,12(4)5)13(15)11(2)3/h11-12H,7-10H2,1-6H3. The summed E-state index contributed by atoms with van der Waals surface area (Å²) in [5, 5.41) is 0. The zero-order valence-electron chi connectivity index (χ0n) is 11.8. The second-order valence-corrected chi connectivity index (χ2v) is 5.37. The normalized spacial score (nSPS) is 15.5. The van der Waals surface area contributed by atoms with Crippen LogP contribution in [0.3, 0.4) is 0 Å². The molecule has 0 rings (SSSR count). The summed E-state index contributed by atoms with van der Waals surface area (Å²) in [6.45, 7) is 11.0. The molecule has 2 heteroatoms. The summed E-state index contributed by atoms with van der Waals surface area (Å²) in [7, 11) is 1.69. The van der Waals surface area contributed by atoms with Gasteiger partial charge in [0, 0.05) is 13.0 Å². The third kappa shape index (κ3) is 3.58. The predicted molar refractivity (Wildman–Crippen MR) is 68.5 cm³/mol. The molecule has 0 fully saturated rings. The maximum absolute atomic E-state index is 12.4. The van der Waals surface area contributed by atoms with E-state index in [1.807, 2.05) is 13.8 Å². The first kappa shape index (κ1) is 15.6. The zero-order valence-corrected chi connectivity index (χ0v) is 11.8. The van der Waals surface area contributed by atoms with Crippen molar-refractivity contribution in [1.29, 1.82) is 0 Å². The van der Waals surface area contributed by atoms with E-state index in [-0.39, 0.29) is 11.3 Å². The topological polar surface area (TPSA) is 26.3 Å². The molecule has 0 aromatic carbocycles. The fourth-order valence-corrected chi connectivity index (χ4v) is 2.33. The van der Waals surface area contributed by atoms with E-state index < -0.39 is 0 Å². The monoisotopic (exact) mass is 228 g/mol. The number of rotatable bonds is 8. The zero-order chi connectivity index (χ0) is 12.8. The predicted octanol–water partition coefficient (Wildman–Crippen LogP) is 3.69. The molecule has 0 aliphatic carbocycles. The summed E-state index contributed by atoms with van der Waals surface area (Å²) in [6, 6.07) is 0. The minimum Gasteiger partial charge on any atom is -0.384 e. The van der Waals surface area contributed by atoms with Gasteiger partial charge in [-0.1, -0.05) is 47.5 Å². The molecule has 0 saturated carbocycles. The van der Waals surface area contributed by atoms with Crippen LogP contribution < -0.4 is 0 Å². The first-order chi connectivity index (χ1) is 7.42. The smallest absolute Gasteiger partial charge is 0.144 e. The van der Waals surface area contributed by atoms with Crippen molar-refractivity contribution in [3.63, 3.8) is 0 Å². The third-order valence-electron chi connectivity index (χ3n) is 3.50. The Bertz CT molecular complexity index is 209. The molecular formula is C14H28O2. The first-order valence-corrected chi connectivity index (χ1v) is 6.45. The van der Waals surface area contributed by atoms with Crippen LogP contribution in [0.4, 0.5) is 0 Å². The molecule has 0 heterocycles. The van der Waals surface area contributed by atoms with Crippen LogP contribution >= 0.6 is 0 Å². The second-order valence-electron chi connectivity index (χ2n) is 5.37. The van der Waals surface area contributed by atoms with Crippen LogP contribution in [0.1, 0.15) is 53.9 Å². The Morgan fingerprint density at radius 3 is 2.12 bits per heavy atom. The molecule has 2 nitrogen and oxygen atoms in total. The molecular weight excluding hydrogens is 200 g/mol. The molecule has 0 amide bonds. The highest BCUT2D eigenvalue weighted by molar-refractivity contribution is 5.86. The summed E-state index contributed by atoms with van der Waals surface area (Å²) in [5.41, 5.74) is -0.279. The van der Waals surface area contributed by atoms with Crippen molar-refractivity contribution in [1.82, 2.24) is 0 Å². The fraction of sp³-hybridized carbons (Fsp3) is 0.929. The Morgan fingerprint density at radius 2 is 1.81 bits per heavy atom. The molecule has 1 unspecified atom stereocenters. The van der Waals surface area contributed by atoms with Gasteiger partial charge < -0.3 is 4.74 Å².